The van der Waals surface area contributed by atoms with Crippen molar-refractivity contribution >= 4 is 23.0 Å². The summed E-state index contributed by atoms with van der Waals surface area (Å²) in [5.74, 6) is -3.08. The molecule has 0 spiro atoms. The van der Waals surface area contributed by atoms with Crippen molar-refractivity contribution in [2.24, 2.45) is 0 Å². The SMILES string of the molecule is CC1c2ccc(-c3c(F)cc4c(=O)c(C(=O)O)cn(C5CC5)c4c3OC(F)F)cc2CN1C(=O)OCc1ccccc1. The Bertz CT molecular complexity index is 1790. The van der Waals surface area contributed by atoms with Crippen molar-refractivity contribution in [1.29, 1.82) is 0 Å². The van der Waals surface area contributed by atoms with Gasteiger partial charge in [-0.2, -0.15) is 8.78 Å². The number of nitrogens with zero attached hydrogens (tertiary/aromatic N) is 2. The van der Waals surface area contributed by atoms with E-state index in [0.29, 0.717) is 18.4 Å². The maximum Gasteiger partial charge on any atom is 0.410 e. The largest absolute Gasteiger partial charge is 0.477 e. The first-order chi connectivity index (χ1) is 20.1. The molecule has 6 rings (SSSR count). The molecule has 0 saturated heterocycles. The number of amides is 1. The molecule has 1 atom stereocenters. The van der Waals surface area contributed by atoms with Crippen LogP contribution in [-0.2, 0) is 17.9 Å². The second-order valence-corrected chi connectivity index (χ2v) is 10.4. The Hall–Kier alpha value is -4.80. The van der Waals surface area contributed by atoms with Crippen LogP contribution in [-0.4, -0.2) is 33.2 Å². The average Bonchev–Trinajstić information content (AvgIpc) is 3.75. The molecule has 2 aliphatic rings. The summed E-state index contributed by atoms with van der Waals surface area (Å²) in [6.45, 7) is -1.29. The van der Waals surface area contributed by atoms with Gasteiger partial charge in [-0.25, -0.2) is 14.0 Å². The molecule has 42 heavy (non-hydrogen) atoms. The second-order valence-electron chi connectivity index (χ2n) is 10.4. The van der Waals surface area contributed by atoms with Gasteiger partial charge in [0.15, 0.2) is 5.75 Å². The number of rotatable bonds is 7. The van der Waals surface area contributed by atoms with Crippen LogP contribution in [0, 0.1) is 5.82 Å². The molecule has 2 heterocycles. The van der Waals surface area contributed by atoms with Gasteiger partial charge in [0, 0.05) is 18.8 Å². The van der Waals surface area contributed by atoms with Crippen LogP contribution in [0.15, 0.2) is 65.6 Å². The van der Waals surface area contributed by atoms with E-state index in [0.717, 1.165) is 23.4 Å². The zero-order valence-electron chi connectivity index (χ0n) is 22.4. The van der Waals surface area contributed by atoms with Gasteiger partial charge in [0.2, 0.25) is 5.43 Å². The highest BCUT2D eigenvalue weighted by Gasteiger charge is 2.34. The number of carboxylic acids is 1. The lowest BCUT2D eigenvalue weighted by Crippen LogP contribution is -2.28. The minimum absolute atomic E-state index is 0.0907. The van der Waals surface area contributed by atoms with Crippen LogP contribution in [0.1, 0.15) is 58.9 Å². The minimum atomic E-state index is -3.35. The average molecular weight is 579 g/mol. The first-order valence-electron chi connectivity index (χ1n) is 13.3. The van der Waals surface area contributed by atoms with Crippen molar-refractivity contribution < 1.29 is 37.3 Å². The zero-order chi connectivity index (χ0) is 29.7. The molecule has 1 N–H and O–H groups in total. The fourth-order valence-electron chi connectivity index (χ4n) is 5.54. The number of carboxylic acid groups (broad SMARTS) is 1. The molecule has 1 aromatic heterocycles. The van der Waals surface area contributed by atoms with Gasteiger partial charge in [-0.05, 0) is 54.2 Å². The molecule has 1 amide bonds. The normalized spacial score (nSPS) is 16.1. The summed E-state index contributed by atoms with van der Waals surface area (Å²) >= 11 is 0. The Morgan fingerprint density at radius 1 is 1.10 bits per heavy atom. The van der Waals surface area contributed by atoms with Gasteiger partial charge < -0.3 is 19.1 Å². The van der Waals surface area contributed by atoms with Gasteiger partial charge in [0.05, 0.1) is 22.5 Å². The van der Waals surface area contributed by atoms with Gasteiger partial charge >= 0.3 is 18.7 Å². The molecule has 216 valence electrons. The van der Waals surface area contributed by atoms with Crippen LogP contribution < -0.4 is 10.2 Å². The number of halogens is 3. The van der Waals surface area contributed by atoms with Crippen LogP contribution in [0.2, 0.25) is 0 Å². The predicted octanol–water partition coefficient (Wildman–Crippen LogP) is 6.66. The van der Waals surface area contributed by atoms with Gasteiger partial charge in [-0.1, -0.05) is 42.5 Å². The minimum Gasteiger partial charge on any atom is -0.477 e. The first kappa shape index (κ1) is 27.4. The molecular formula is C31H25F3N2O6. The van der Waals surface area contributed by atoms with Crippen LogP contribution in [0.25, 0.3) is 22.0 Å². The zero-order valence-corrected chi connectivity index (χ0v) is 22.4. The highest BCUT2D eigenvalue weighted by molar-refractivity contribution is 5.98. The Kier molecular flexibility index (Phi) is 6.88. The second kappa shape index (κ2) is 10.6. The molecule has 1 saturated carbocycles. The molecule has 0 radical (unpaired) electrons. The molecule has 11 heteroatoms. The lowest BCUT2D eigenvalue weighted by atomic mass is 9.96. The van der Waals surface area contributed by atoms with E-state index in [4.69, 9.17) is 9.47 Å². The predicted molar refractivity (Wildman–Crippen MR) is 146 cm³/mol. The number of fused-ring (bicyclic) bond motifs is 2. The van der Waals surface area contributed by atoms with E-state index in [1.807, 2.05) is 37.3 Å². The lowest BCUT2D eigenvalue weighted by molar-refractivity contribution is -0.0487. The summed E-state index contributed by atoms with van der Waals surface area (Å²) in [5, 5.41) is 9.18. The summed E-state index contributed by atoms with van der Waals surface area (Å²) in [5.41, 5.74) is 0.517. The third kappa shape index (κ3) is 4.84. The number of alkyl halides is 2. The van der Waals surface area contributed by atoms with Crippen molar-refractivity contribution in [3.05, 3.63) is 99.1 Å². The summed E-state index contributed by atoms with van der Waals surface area (Å²) in [6.07, 6.45) is 1.83. The van der Waals surface area contributed by atoms with Crippen molar-refractivity contribution in [3.8, 4) is 16.9 Å². The van der Waals surface area contributed by atoms with Crippen LogP contribution >= 0.6 is 0 Å². The van der Waals surface area contributed by atoms with Gasteiger partial charge in [0.25, 0.3) is 0 Å². The van der Waals surface area contributed by atoms with Crippen LogP contribution in [0.4, 0.5) is 18.0 Å². The first-order valence-corrected chi connectivity index (χ1v) is 13.3. The van der Waals surface area contributed by atoms with Crippen molar-refractivity contribution in [3.63, 3.8) is 0 Å². The van der Waals surface area contributed by atoms with E-state index in [9.17, 15) is 28.3 Å². The molecular weight excluding hydrogens is 553 g/mol. The Labute approximate surface area is 237 Å². The number of hydrogen-bond donors (Lipinski definition) is 1. The smallest absolute Gasteiger partial charge is 0.410 e. The highest BCUT2D eigenvalue weighted by Crippen LogP contribution is 2.45. The standard InChI is InChI=1S/C31H25F3N2O6/c1-16-21-10-7-18(11-19(21)13-35(16)31(40)41-15-17-5-3-2-4-6-17)25-24(32)12-22-26(28(25)42-30(33)34)36(20-8-9-20)14-23(27(22)37)29(38)39/h2-7,10-12,14,16,20,30H,8-9,13,15H2,1H3,(H,38,39). The van der Waals surface area contributed by atoms with E-state index in [1.54, 1.807) is 18.2 Å². The van der Waals surface area contributed by atoms with Gasteiger partial charge in [-0.3, -0.25) is 9.69 Å². The number of benzene rings is 3. The maximum absolute atomic E-state index is 15.8. The van der Waals surface area contributed by atoms with E-state index < -0.39 is 41.2 Å². The molecule has 1 fully saturated rings. The van der Waals surface area contributed by atoms with Gasteiger partial charge in [-0.15, -0.1) is 0 Å². The number of carbonyl (C=O) groups is 2. The molecule has 1 aliphatic carbocycles. The molecule has 1 aliphatic heterocycles. The van der Waals surface area contributed by atoms with Crippen LogP contribution in [0.3, 0.4) is 0 Å². The fraction of sp³-hybridized carbons (Fsp3) is 0.258. The lowest BCUT2D eigenvalue weighted by Gasteiger charge is -2.21. The van der Waals surface area contributed by atoms with E-state index >= 15 is 4.39 Å². The van der Waals surface area contributed by atoms with Gasteiger partial charge in [0.1, 0.15) is 18.0 Å². The number of carbonyl (C=O) groups excluding carboxylic acids is 1. The Balaban J connectivity index is 1.42. The number of aromatic carboxylic acids is 1. The van der Waals surface area contributed by atoms with Crippen molar-refractivity contribution in [2.75, 3.05) is 0 Å². The molecule has 8 nitrogen and oxygen atoms in total. The maximum atomic E-state index is 15.8. The Morgan fingerprint density at radius 2 is 1.83 bits per heavy atom. The molecule has 0 bridgehead atoms. The summed E-state index contributed by atoms with van der Waals surface area (Å²) < 4.78 is 55.1. The quantitative estimate of drug-likeness (QED) is 0.264. The number of ether oxygens (including phenoxy) is 2. The van der Waals surface area contributed by atoms with Crippen molar-refractivity contribution in [2.45, 2.75) is 51.6 Å². The molecule has 4 aromatic rings. The fourth-order valence-corrected chi connectivity index (χ4v) is 5.54. The summed E-state index contributed by atoms with van der Waals surface area (Å²) in [6, 6.07) is 14.3. The highest BCUT2D eigenvalue weighted by atomic mass is 19.3. The number of hydrogen-bond acceptors (Lipinski definition) is 5. The Morgan fingerprint density at radius 3 is 2.50 bits per heavy atom. The van der Waals surface area contributed by atoms with Crippen molar-refractivity contribution in [1.82, 2.24) is 9.47 Å². The van der Waals surface area contributed by atoms with E-state index in [-0.39, 0.29) is 47.3 Å². The third-order valence-corrected chi connectivity index (χ3v) is 7.73. The number of pyridine rings is 1. The summed E-state index contributed by atoms with van der Waals surface area (Å²) in [4.78, 5) is 39.1. The topological polar surface area (TPSA) is 98.1 Å². The number of aromatic nitrogens is 1. The monoisotopic (exact) mass is 578 g/mol. The van der Waals surface area contributed by atoms with E-state index in [2.05, 4.69) is 0 Å². The van der Waals surface area contributed by atoms with Crippen LogP contribution in [0.5, 0.6) is 5.75 Å². The third-order valence-electron chi connectivity index (χ3n) is 7.73. The summed E-state index contributed by atoms with van der Waals surface area (Å²) in [7, 11) is 0. The molecule has 1 unspecified atom stereocenters. The molecule has 3 aromatic carbocycles. The van der Waals surface area contributed by atoms with E-state index in [1.165, 1.54) is 9.47 Å².